The van der Waals surface area contributed by atoms with Gasteiger partial charge >= 0.3 is 0 Å². The van der Waals surface area contributed by atoms with Gasteiger partial charge in [0.25, 0.3) is 0 Å². The molecule has 3 N–H and O–H groups in total. The van der Waals surface area contributed by atoms with Crippen LogP contribution in [0.25, 0.3) is 0 Å². The van der Waals surface area contributed by atoms with E-state index in [1.807, 2.05) is 43.3 Å². The molecule has 0 radical (unpaired) electrons. The first kappa shape index (κ1) is 24.2. The van der Waals surface area contributed by atoms with Crippen LogP contribution in [-0.4, -0.2) is 24.9 Å². The predicted molar refractivity (Wildman–Crippen MR) is 109 cm³/mol. The van der Waals surface area contributed by atoms with Crippen molar-refractivity contribution >= 4 is 36.4 Å². The van der Waals surface area contributed by atoms with Crippen molar-refractivity contribution in [1.29, 1.82) is 0 Å². The van der Waals surface area contributed by atoms with Crippen molar-refractivity contribution in [3.8, 4) is 0 Å². The molecule has 0 unspecified atom stereocenters. The van der Waals surface area contributed by atoms with Crippen molar-refractivity contribution < 1.29 is 9.18 Å². The molecule has 0 fully saturated rings. The van der Waals surface area contributed by atoms with Gasteiger partial charge in [-0.25, -0.2) is 4.39 Å². The fraction of sp³-hybridized carbons (Fsp3) is 0.316. The number of hydrogen-bond donors (Lipinski definition) is 2. The third-order valence-corrected chi connectivity index (χ3v) is 3.76. The van der Waals surface area contributed by atoms with Crippen molar-refractivity contribution in [2.24, 2.45) is 0 Å². The van der Waals surface area contributed by atoms with Gasteiger partial charge in [-0.2, -0.15) is 0 Å². The SMILES string of the molecule is CN(C)Cc1cc(CNC(=O)CCc2ccccc2N)ccc1F.Cl.Cl. The number of anilines is 1. The number of carbonyl (C=O) groups excluding carboxylic acids is 1. The first-order valence-electron chi connectivity index (χ1n) is 7.98. The molecule has 1 amide bonds. The van der Waals surface area contributed by atoms with Crippen molar-refractivity contribution in [3.05, 3.63) is 65.0 Å². The predicted octanol–water partition coefficient (Wildman–Crippen LogP) is 3.56. The number of carbonyl (C=O) groups is 1. The summed E-state index contributed by atoms with van der Waals surface area (Å²) in [5, 5.41) is 2.87. The average Bonchev–Trinajstić information content (AvgIpc) is 2.54. The van der Waals surface area contributed by atoms with Crippen LogP contribution in [0.2, 0.25) is 0 Å². The second-order valence-electron chi connectivity index (χ2n) is 6.14. The van der Waals surface area contributed by atoms with E-state index in [1.165, 1.54) is 6.07 Å². The summed E-state index contributed by atoms with van der Waals surface area (Å²) < 4.78 is 13.7. The number of nitrogen functional groups attached to an aromatic ring is 1. The summed E-state index contributed by atoms with van der Waals surface area (Å²) in [6, 6.07) is 12.5. The summed E-state index contributed by atoms with van der Waals surface area (Å²) in [5.41, 5.74) is 9.07. The number of nitrogens with two attached hydrogens (primary N) is 1. The van der Waals surface area contributed by atoms with Crippen LogP contribution in [0, 0.1) is 5.82 Å². The van der Waals surface area contributed by atoms with Crippen molar-refractivity contribution in [3.63, 3.8) is 0 Å². The van der Waals surface area contributed by atoms with Gasteiger partial charge in [-0.3, -0.25) is 4.79 Å². The Kier molecular flexibility index (Phi) is 10.9. The van der Waals surface area contributed by atoms with Crippen LogP contribution < -0.4 is 11.1 Å². The average molecular weight is 402 g/mol. The fourth-order valence-electron chi connectivity index (χ4n) is 2.50. The third kappa shape index (κ3) is 7.60. The lowest BCUT2D eigenvalue weighted by Crippen LogP contribution is -2.23. The first-order chi connectivity index (χ1) is 11.5. The molecule has 0 saturated carbocycles. The summed E-state index contributed by atoms with van der Waals surface area (Å²) in [6.07, 6.45) is 0.980. The molecule has 144 valence electrons. The zero-order chi connectivity index (χ0) is 17.5. The zero-order valence-corrected chi connectivity index (χ0v) is 16.6. The second-order valence-corrected chi connectivity index (χ2v) is 6.14. The van der Waals surface area contributed by atoms with E-state index in [0.29, 0.717) is 37.2 Å². The van der Waals surface area contributed by atoms with Gasteiger partial charge in [0.1, 0.15) is 5.82 Å². The Bertz CT molecular complexity index is 711. The highest BCUT2D eigenvalue weighted by molar-refractivity contribution is 5.85. The Morgan fingerprint density at radius 1 is 1.12 bits per heavy atom. The highest BCUT2D eigenvalue weighted by Crippen LogP contribution is 2.14. The Morgan fingerprint density at radius 2 is 1.81 bits per heavy atom. The molecule has 7 heteroatoms. The molecule has 0 aliphatic heterocycles. The van der Waals surface area contributed by atoms with E-state index < -0.39 is 0 Å². The zero-order valence-electron chi connectivity index (χ0n) is 15.0. The lowest BCUT2D eigenvalue weighted by atomic mass is 10.1. The van der Waals surface area contributed by atoms with Gasteiger partial charge < -0.3 is 16.0 Å². The van der Waals surface area contributed by atoms with Crippen molar-refractivity contribution in [2.75, 3.05) is 19.8 Å². The number of para-hydroxylation sites is 1. The maximum atomic E-state index is 13.7. The molecule has 0 heterocycles. The second kappa shape index (κ2) is 11.7. The van der Waals surface area contributed by atoms with Gasteiger partial charge in [0.15, 0.2) is 0 Å². The number of rotatable bonds is 7. The van der Waals surface area contributed by atoms with E-state index in [-0.39, 0.29) is 36.5 Å². The lowest BCUT2D eigenvalue weighted by Gasteiger charge is -2.12. The smallest absolute Gasteiger partial charge is 0.220 e. The van der Waals surface area contributed by atoms with Gasteiger partial charge in [-0.05, 0) is 49.8 Å². The van der Waals surface area contributed by atoms with Crippen molar-refractivity contribution in [1.82, 2.24) is 10.2 Å². The summed E-state index contributed by atoms with van der Waals surface area (Å²) in [7, 11) is 3.78. The van der Waals surface area contributed by atoms with E-state index in [1.54, 1.807) is 12.1 Å². The first-order valence-corrected chi connectivity index (χ1v) is 7.98. The lowest BCUT2D eigenvalue weighted by molar-refractivity contribution is -0.121. The maximum Gasteiger partial charge on any atom is 0.220 e. The molecule has 0 saturated heterocycles. The summed E-state index contributed by atoms with van der Waals surface area (Å²) in [4.78, 5) is 13.9. The molecule has 0 aliphatic rings. The molecule has 0 aliphatic carbocycles. The molecule has 26 heavy (non-hydrogen) atoms. The van der Waals surface area contributed by atoms with Crippen LogP contribution in [0.15, 0.2) is 42.5 Å². The van der Waals surface area contributed by atoms with Crippen LogP contribution in [0.4, 0.5) is 10.1 Å². The minimum absolute atomic E-state index is 0. The van der Waals surface area contributed by atoms with Crippen LogP contribution in [0.5, 0.6) is 0 Å². The molecule has 2 rings (SSSR count). The van der Waals surface area contributed by atoms with E-state index in [9.17, 15) is 9.18 Å². The normalized spacial score (nSPS) is 10.0. The minimum Gasteiger partial charge on any atom is -0.399 e. The van der Waals surface area contributed by atoms with Gasteiger partial charge in [-0.15, -0.1) is 24.8 Å². The molecule has 0 spiro atoms. The van der Waals surface area contributed by atoms with Crippen LogP contribution >= 0.6 is 24.8 Å². The van der Waals surface area contributed by atoms with Gasteiger partial charge in [0, 0.05) is 30.8 Å². The van der Waals surface area contributed by atoms with Gasteiger partial charge in [0.2, 0.25) is 5.91 Å². The molecule has 2 aromatic carbocycles. The summed E-state index contributed by atoms with van der Waals surface area (Å²) in [6.45, 7) is 0.921. The highest BCUT2D eigenvalue weighted by Gasteiger charge is 2.07. The number of amides is 1. The highest BCUT2D eigenvalue weighted by atomic mass is 35.5. The number of halogens is 3. The van der Waals surface area contributed by atoms with Crippen LogP contribution in [0.3, 0.4) is 0 Å². The van der Waals surface area contributed by atoms with Gasteiger partial charge in [-0.1, -0.05) is 24.3 Å². The van der Waals surface area contributed by atoms with Crippen LogP contribution in [-0.2, 0) is 24.3 Å². The molecule has 0 aromatic heterocycles. The Labute approximate surface area is 166 Å². The largest absolute Gasteiger partial charge is 0.399 e. The van der Waals surface area contributed by atoms with E-state index >= 15 is 0 Å². The van der Waals surface area contributed by atoms with Gasteiger partial charge in [0.05, 0.1) is 0 Å². The number of nitrogens with zero attached hydrogens (tertiary/aromatic N) is 1. The van der Waals surface area contributed by atoms with Crippen molar-refractivity contribution in [2.45, 2.75) is 25.9 Å². The molecular weight excluding hydrogens is 376 g/mol. The van der Waals surface area contributed by atoms with Crippen LogP contribution in [0.1, 0.15) is 23.1 Å². The molecule has 0 bridgehead atoms. The quantitative estimate of drug-likeness (QED) is 0.697. The summed E-state index contributed by atoms with van der Waals surface area (Å²) in [5.74, 6) is -0.268. The molecule has 0 atom stereocenters. The number of aryl methyl sites for hydroxylation is 1. The molecular formula is C19H26Cl2FN3O. The van der Waals surface area contributed by atoms with E-state index in [4.69, 9.17) is 5.73 Å². The standard InChI is InChI=1S/C19H24FN3O.2ClH/c1-23(2)13-16-11-14(7-9-17(16)20)12-22-19(24)10-8-15-5-3-4-6-18(15)21;;/h3-7,9,11H,8,10,12-13,21H2,1-2H3,(H,22,24);2*1H. The molecule has 4 nitrogen and oxygen atoms in total. The number of benzene rings is 2. The Hall–Kier alpha value is -1.82. The third-order valence-electron chi connectivity index (χ3n) is 3.76. The fourth-order valence-corrected chi connectivity index (χ4v) is 2.50. The topological polar surface area (TPSA) is 58.4 Å². The Balaban J connectivity index is 0.00000312. The molecule has 2 aromatic rings. The monoisotopic (exact) mass is 401 g/mol. The Morgan fingerprint density at radius 3 is 2.46 bits per heavy atom. The number of hydrogen-bond acceptors (Lipinski definition) is 3. The van der Waals surface area contributed by atoms with E-state index in [2.05, 4.69) is 5.32 Å². The number of nitrogens with one attached hydrogen (secondary N) is 1. The summed E-state index contributed by atoms with van der Waals surface area (Å²) >= 11 is 0. The minimum atomic E-state index is -0.224. The van der Waals surface area contributed by atoms with E-state index in [0.717, 1.165) is 11.1 Å². The maximum absolute atomic E-state index is 13.7.